The molecule has 1 aromatic heterocycles. The molecule has 2 aromatic rings. The molecule has 0 radical (unpaired) electrons. The van der Waals surface area contributed by atoms with Crippen LogP contribution in [0.15, 0.2) is 36.5 Å². The number of hydrogen-bond acceptors (Lipinski definition) is 3. The molecule has 2 atom stereocenters. The van der Waals surface area contributed by atoms with Gasteiger partial charge < -0.3 is 15.6 Å². The summed E-state index contributed by atoms with van der Waals surface area (Å²) in [6.07, 6.45) is -2.18. The van der Waals surface area contributed by atoms with Gasteiger partial charge in [-0.15, -0.1) is 0 Å². The second-order valence-electron chi connectivity index (χ2n) is 6.25. The summed E-state index contributed by atoms with van der Waals surface area (Å²) in [5.41, 5.74) is 5.39. The van der Waals surface area contributed by atoms with E-state index >= 15 is 0 Å². The van der Waals surface area contributed by atoms with Crippen LogP contribution in [0.25, 0.3) is 0 Å². The molecule has 1 aliphatic heterocycles. The van der Waals surface area contributed by atoms with Crippen molar-refractivity contribution in [2.24, 2.45) is 11.7 Å². The molecular formula is C17H19F3N4O. The lowest BCUT2D eigenvalue weighted by Crippen LogP contribution is -2.38. The number of fused-ring (bicyclic) bond motifs is 1. The molecule has 0 saturated heterocycles. The van der Waals surface area contributed by atoms with Crippen molar-refractivity contribution in [1.82, 2.24) is 14.9 Å². The Morgan fingerprint density at radius 3 is 2.72 bits per heavy atom. The Hall–Kier alpha value is -2.35. The third-order valence-electron chi connectivity index (χ3n) is 4.41. The summed E-state index contributed by atoms with van der Waals surface area (Å²) in [5, 5.41) is 3.14. The summed E-state index contributed by atoms with van der Waals surface area (Å²) < 4.78 is 39.8. The van der Waals surface area contributed by atoms with Gasteiger partial charge in [0.05, 0.1) is 0 Å². The molecule has 5 nitrogen and oxygen atoms in total. The van der Waals surface area contributed by atoms with Gasteiger partial charge in [0, 0.05) is 25.7 Å². The van der Waals surface area contributed by atoms with E-state index in [4.69, 9.17) is 5.73 Å². The lowest BCUT2D eigenvalue weighted by atomic mass is 9.98. The number of aromatic nitrogens is 2. The third kappa shape index (κ3) is 4.01. The van der Waals surface area contributed by atoms with Gasteiger partial charge in [-0.2, -0.15) is 13.2 Å². The lowest BCUT2D eigenvalue weighted by molar-refractivity contribution is -0.141. The molecule has 0 fully saturated rings. The van der Waals surface area contributed by atoms with Crippen molar-refractivity contribution in [2.45, 2.75) is 31.6 Å². The Labute approximate surface area is 143 Å². The van der Waals surface area contributed by atoms with Crippen molar-refractivity contribution in [1.29, 1.82) is 0 Å². The molecule has 134 valence electrons. The molecule has 8 heteroatoms. The van der Waals surface area contributed by atoms with Crippen molar-refractivity contribution < 1.29 is 18.0 Å². The molecule has 3 N–H and O–H groups in total. The van der Waals surface area contributed by atoms with E-state index in [0.29, 0.717) is 31.8 Å². The molecule has 0 spiro atoms. The SMILES string of the molecule is NC(=O)[C@@H](NC[C@@H]1CCc2nc(C(F)(F)F)cn2C1)c1ccccc1. The average Bonchev–Trinajstić information content (AvgIpc) is 2.99. The van der Waals surface area contributed by atoms with Crippen molar-refractivity contribution in [3.8, 4) is 0 Å². The topological polar surface area (TPSA) is 72.9 Å². The summed E-state index contributed by atoms with van der Waals surface area (Å²) in [6, 6.07) is 8.51. The van der Waals surface area contributed by atoms with Crippen LogP contribution in [0.1, 0.15) is 29.5 Å². The number of nitrogens with one attached hydrogen (secondary N) is 1. The number of carbonyl (C=O) groups is 1. The standard InChI is InChI=1S/C17H19F3N4O/c18-17(19,20)13-10-24-9-11(6-7-14(24)23-13)8-22-15(16(21)25)12-4-2-1-3-5-12/h1-5,10-11,15,22H,6-9H2,(H2,21,25)/t11-,15-/m0/s1. The fraction of sp³-hybridized carbons (Fsp3) is 0.412. The minimum atomic E-state index is -4.43. The second kappa shape index (κ2) is 6.87. The van der Waals surface area contributed by atoms with E-state index < -0.39 is 23.8 Å². The molecule has 0 saturated carbocycles. The molecule has 3 rings (SSSR count). The Morgan fingerprint density at radius 1 is 1.36 bits per heavy atom. The number of amides is 1. The first-order valence-corrected chi connectivity index (χ1v) is 8.05. The molecule has 0 bridgehead atoms. The maximum absolute atomic E-state index is 12.8. The van der Waals surface area contributed by atoms with Gasteiger partial charge in [-0.3, -0.25) is 4.79 Å². The van der Waals surface area contributed by atoms with Crippen LogP contribution < -0.4 is 11.1 Å². The second-order valence-corrected chi connectivity index (χ2v) is 6.25. The fourth-order valence-electron chi connectivity index (χ4n) is 3.13. The molecular weight excluding hydrogens is 333 g/mol. The highest BCUT2D eigenvalue weighted by Gasteiger charge is 2.35. The van der Waals surface area contributed by atoms with Crippen molar-refractivity contribution in [3.05, 3.63) is 53.6 Å². The first kappa shape index (κ1) is 17.5. The van der Waals surface area contributed by atoms with Gasteiger partial charge >= 0.3 is 6.18 Å². The maximum atomic E-state index is 12.8. The first-order valence-electron chi connectivity index (χ1n) is 8.05. The summed E-state index contributed by atoms with van der Waals surface area (Å²) >= 11 is 0. The number of aryl methyl sites for hydroxylation is 1. The van der Waals surface area contributed by atoms with Gasteiger partial charge in [0.1, 0.15) is 11.9 Å². The zero-order valence-electron chi connectivity index (χ0n) is 13.5. The fourth-order valence-corrected chi connectivity index (χ4v) is 3.13. The Morgan fingerprint density at radius 2 is 2.08 bits per heavy atom. The largest absolute Gasteiger partial charge is 0.434 e. The number of primary amides is 1. The zero-order chi connectivity index (χ0) is 18.0. The van der Waals surface area contributed by atoms with E-state index in [1.807, 2.05) is 30.3 Å². The van der Waals surface area contributed by atoms with E-state index in [9.17, 15) is 18.0 Å². The summed E-state index contributed by atoms with van der Waals surface area (Å²) in [5.74, 6) is 0.0797. The predicted molar refractivity (Wildman–Crippen MR) is 85.4 cm³/mol. The van der Waals surface area contributed by atoms with Crippen LogP contribution in [0.5, 0.6) is 0 Å². The van der Waals surface area contributed by atoms with E-state index in [1.165, 1.54) is 0 Å². The quantitative estimate of drug-likeness (QED) is 0.867. The van der Waals surface area contributed by atoms with Gasteiger partial charge in [-0.05, 0) is 17.9 Å². The maximum Gasteiger partial charge on any atom is 0.434 e. The average molecular weight is 352 g/mol. The van der Waals surface area contributed by atoms with Crippen LogP contribution in [0.2, 0.25) is 0 Å². The Kier molecular flexibility index (Phi) is 4.80. The molecule has 1 amide bonds. The normalized spacial score (nSPS) is 18.6. The molecule has 25 heavy (non-hydrogen) atoms. The van der Waals surface area contributed by atoms with Gasteiger partial charge in [-0.1, -0.05) is 30.3 Å². The number of benzene rings is 1. The number of hydrogen-bond donors (Lipinski definition) is 2. The number of nitrogens with two attached hydrogens (primary N) is 1. The number of rotatable bonds is 5. The highest BCUT2D eigenvalue weighted by atomic mass is 19.4. The third-order valence-corrected chi connectivity index (χ3v) is 4.41. The predicted octanol–water partition coefficient (Wildman–Crippen LogP) is 2.28. The van der Waals surface area contributed by atoms with Crippen molar-refractivity contribution >= 4 is 5.91 Å². The Balaban J connectivity index is 1.64. The minimum Gasteiger partial charge on any atom is -0.368 e. The van der Waals surface area contributed by atoms with Gasteiger partial charge in [0.2, 0.25) is 5.91 Å². The van der Waals surface area contributed by atoms with Crippen LogP contribution in [0, 0.1) is 5.92 Å². The van der Waals surface area contributed by atoms with Gasteiger partial charge in [0.25, 0.3) is 0 Å². The van der Waals surface area contributed by atoms with E-state index in [0.717, 1.165) is 11.8 Å². The molecule has 2 heterocycles. The number of alkyl halides is 3. The van der Waals surface area contributed by atoms with Crippen LogP contribution in [-0.4, -0.2) is 22.0 Å². The molecule has 0 unspecified atom stereocenters. The number of imidazole rings is 1. The zero-order valence-corrected chi connectivity index (χ0v) is 13.5. The molecule has 1 aliphatic rings. The van der Waals surface area contributed by atoms with E-state index in [1.54, 1.807) is 4.57 Å². The van der Waals surface area contributed by atoms with E-state index in [2.05, 4.69) is 10.3 Å². The van der Waals surface area contributed by atoms with Crippen molar-refractivity contribution in [2.75, 3.05) is 6.54 Å². The number of nitrogens with zero attached hydrogens (tertiary/aromatic N) is 2. The van der Waals surface area contributed by atoms with Gasteiger partial charge in [0.15, 0.2) is 5.69 Å². The molecule has 0 aliphatic carbocycles. The monoisotopic (exact) mass is 352 g/mol. The first-order chi connectivity index (χ1) is 11.8. The van der Waals surface area contributed by atoms with Crippen molar-refractivity contribution in [3.63, 3.8) is 0 Å². The van der Waals surface area contributed by atoms with Crippen LogP contribution in [-0.2, 0) is 23.9 Å². The highest BCUT2D eigenvalue weighted by Crippen LogP contribution is 2.30. The smallest absolute Gasteiger partial charge is 0.368 e. The van der Waals surface area contributed by atoms with Crippen LogP contribution in [0.4, 0.5) is 13.2 Å². The lowest BCUT2D eigenvalue weighted by Gasteiger charge is -2.26. The minimum absolute atomic E-state index is 0.105. The number of halogens is 3. The molecule has 1 aromatic carbocycles. The summed E-state index contributed by atoms with van der Waals surface area (Å²) in [7, 11) is 0. The summed E-state index contributed by atoms with van der Waals surface area (Å²) in [4.78, 5) is 15.4. The van der Waals surface area contributed by atoms with E-state index in [-0.39, 0.29) is 5.92 Å². The summed E-state index contributed by atoms with van der Waals surface area (Å²) in [6.45, 7) is 0.924. The van der Waals surface area contributed by atoms with Crippen LogP contribution >= 0.6 is 0 Å². The Bertz CT molecular complexity index is 742. The van der Waals surface area contributed by atoms with Gasteiger partial charge in [-0.25, -0.2) is 4.98 Å². The number of carbonyl (C=O) groups excluding carboxylic acids is 1. The highest BCUT2D eigenvalue weighted by molar-refractivity contribution is 5.81. The van der Waals surface area contributed by atoms with Crippen LogP contribution in [0.3, 0.4) is 0 Å².